The number of halogens is 3. The number of fused-ring (bicyclic) bond motifs is 1. The van der Waals surface area contributed by atoms with Gasteiger partial charge < -0.3 is 15.1 Å². The van der Waals surface area contributed by atoms with E-state index in [2.05, 4.69) is 36.2 Å². The number of amides is 2. The number of nitrogens with one attached hydrogen (secondary N) is 1. The molecule has 1 aliphatic rings. The van der Waals surface area contributed by atoms with Crippen molar-refractivity contribution in [3.05, 3.63) is 70.3 Å². The third-order valence-corrected chi connectivity index (χ3v) is 7.31. The van der Waals surface area contributed by atoms with Crippen molar-refractivity contribution in [1.82, 2.24) is 24.8 Å². The van der Waals surface area contributed by atoms with Gasteiger partial charge in [-0.2, -0.15) is 0 Å². The van der Waals surface area contributed by atoms with E-state index in [1.165, 1.54) is 29.5 Å². The monoisotopic (exact) mass is 546 g/mol. The summed E-state index contributed by atoms with van der Waals surface area (Å²) in [6.45, 7) is 2.96. The Kier molecular flexibility index (Phi) is 6.46. The fraction of sp³-hybridized carbons (Fsp3) is 0.261. The fourth-order valence-corrected chi connectivity index (χ4v) is 4.98. The largest absolute Gasteiger partial charge is 0.343 e. The normalized spacial score (nSPS) is 14.1. The molecular formula is C23H21BrF2N6OS. The number of imidazole rings is 1. The molecule has 0 atom stereocenters. The minimum atomic E-state index is -0.304. The molecule has 4 aromatic rings. The lowest BCUT2D eigenvalue weighted by Gasteiger charge is -2.34. The van der Waals surface area contributed by atoms with E-state index in [1.54, 1.807) is 27.6 Å². The van der Waals surface area contributed by atoms with Gasteiger partial charge in [-0.15, -0.1) is 5.10 Å². The van der Waals surface area contributed by atoms with Gasteiger partial charge >= 0.3 is 6.03 Å². The van der Waals surface area contributed by atoms with Gasteiger partial charge in [0, 0.05) is 38.3 Å². The summed E-state index contributed by atoms with van der Waals surface area (Å²) in [5.74, 6) is -0.584. The molecule has 5 rings (SSSR count). The second kappa shape index (κ2) is 9.67. The van der Waals surface area contributed by atoms with Gasteiger partial charge in [0.05, 0.1) is 16.4 Å². The Morgan fingerprint density at radius 2 is 1.85 bits per heavy atom. The summed E-state index contributed by atoms with van der Waals surface area (Å²) in [6.07, 6.45) is 2.40. The smallest absolute Gasteiger partial charge is 0.317 e. The summed E-state index contributed by atoms with van der Waals surface area (Å²) >= 11 is 4.63. The molecule has 1 aliphatic heterocycles. The van der Waals surface area contributed by atoms with Crippen molar-refractivity contribution in [3.8, 4) is 11.3 Å². The summed E-state index contributed by atoms with van der Waals surface area (Å²) in [6, 6.07) is 11.1. The van der Waals surface area contributed by atoms with Crippen molar-refractivity contribution >= 4 is 43.4 Å². The van der Waals surface area contributed by atoms with Crippen LogP contribution in [-0.2, 0) is 6.42 Å². The van der Waals surface area contributed by atoms with Gasteiger partial charge in [-0.1, -0.05) is 17.4 Å². The van der Waals surface area contributed by atoms with Gasteiger partial charge in [0.1, 0.15) is 11.6 Å². The van der Waals surface area contributed by atoms with Crippen LogP contribution in [0.3, 0.4) is 0 Å². The Hall–Kier alpha value is -3.05. The highest BCUT2D eigenvalue weighted by Gasteiger charge is 2.23. The lowest BCUT2D eigenvalue weighted by Crippen LogP contribution is -2.52. The van der Waals surface area contributed by atoms with E-state index in [4.69, 9.17) is 0 Å². The van der Waals surface area contributed by atoms with Gasteiger partial charge in [0.15, 0.2) is 0 Å². The van der Waals surface area contributed by atoms with Crippen LogP contribution in [0, 0.1) is 11.6 Å². The molecule has 0 bridgehead atoms. The first kappa shape index (κ1) is 22.7. The van der Waals surface area contributed by atoms with Crippen molar-refractivity contribution in [2.24, 2.45) is 0 Å². The van der Waals surface area contributed by atoms with E-state index in [0.29, 0.717) is 43.6 Å². The number of anilines is 1. The first-order valence-electron chi connectivity index (χ1n) is 10.8. The summed E-state index contributed by atoms with van der Waals surface area (Å²) in [4.78, 5) is 21.8. The van der Waals surface area contributed by atoms with E-state index in [-0.39, 0.29) is 17.7 Å². The Morgan fingerprint density at radius 3 is 2.56 bits per heavy atom. The zero-order valence-electron chi connectivity index (χ0n) is 18.0. The summed E-state index contributed by atoms with van der Waals surface area (Å²) in [7, 11) is 0. The Bertz CT molecular complexity index is 1290. The molecule has 11 heteroatoms. The van der Waals surface area contributed by atoms with E-state index in [9.17, 15) is 13.6 Å². The van der Waals surface area contributed by atoms with Crippen LogP contribution in [0.15, 0.2) is 53.1 Å². The zero-order chi connectivity index (χ0) is 23.7. The lowest BCUT2D eigenvalue weighted by atomic mass is 10.1. The number of hydrogen-bond acceptors (Lipinski definition) is 5. The molecule has 176 valence electrons. The first-order chi connectivity index (χ1) is 16.5. The lowest BCUT2D eigenvalue weighted by molar-refractivity contribution is 0.194. The number of hydrogen-bond donors (Lipinski definition) is 1. The predicted molar refractivity (Wildman–Crippen MR) is 131 cm³/mol. The maximum Gasteiger partial charge on any atom is 0.317 e. The van der Waals surface area contributed by atoms with Crippen LogP contribution in [0.25, 0.3) is 16.2 Å². The van der Waals surface area contributed by atoms with Gasteiger partial charge in [0.2, 0.25) is 10.1 Å². The Labute approximate surface area is 207 Å². The molecule has 0 spiro atoms. The van der Waals surface area contributed by atoms with E-state index in [0.717, 1.165) is 26.9 Å². The third kappa shape index (κ3) is 4.90. The molecule has 2 aromatic heterocycles. The van der Waals surface area contributed by atoms with E-state index in [1.807, 2.05) is 12.3 Å². The predicted octanol–water partition coefficient (Wildman–Crippen LogP) is 4.57. The standard InChI is InChI=1S/C23H21BrF2N6OS/c24-18-6-1-15(13-19(18)26)7-8-27-21(33)30-9-11-31(12-10-30)23-29-32-14-20(28-22(32)34-23)16-2-4-17(25)5-3-16/h1-6,13-14H,7-12H2,(H,27,33). The number of urea groups is 1. The van der Waals surface area contributed by atoms with Crippen molar-refractivity contribution < 1.29 is 13.6 Å². The molecule has 3 heterocycles. The number of rotatable bonds is 5. The fourth-order valence-electron chi connectivity index (χ4n) is 3.80. The van der Waals surface area contributed by atoms with Crippen molar-refractivity contribution in [2.45, 2.75) is 6.42 Å². The molecule has 2 amide bonds. The van der Waals surface area contributed by atoms with Crippen LogP contribution >= 0.6 is 27.3 Å². The molecule has 0 saturated carbocycles. The number of piperazine rings is 1. The van der Waals surface area contributed by atoms with Crippen LogP contribution in [0.4, 0.5) is 18.7 Å². The molecule has 1 fully saturated rings. The van der Waals surface area contributed by atoms with E-state index >= 15 is 0 Å². The minimum absolute atomic E-state index is 0.116. The first-order valence-corrected chi connectivity index (χ1v) is 12.4. The molecule has 0 aliphatic carbocycles. The highest BCUT2D eigenvalue weighted by molar-refractivity contribution is 9.10. The van der Waals surface area contributed by atoms with Crippen molar-refractivity contribution in [1.29, 1.82) is 0 Å². The second-order valence-electron chi connectivity index (χ2n) is 7.95. The average Bonchev–Trinajstić information content (AvgIpc) is 3.42. The SMILES string of the molecule is O=C(NCCc1ccc(Br)c(F)c1)N1CCN(c2nn3cc(-c4ccc(F)cc4)nc3s2)CC1. The van der Waals surface area contributed by atoms with Gasteiger partial charge in [-0.05, 0) is 64.3 Å². The average molecular weight is 547 g/mol. The van der Waals surface area contributed by atoms with Gasteiger partial charge in [-0.3, -0.25) is 0 Å². The van der Waals surface area contributed by atoms with Gasteiger partial charge in [-0.25, -0.2) is 23.1 Å². The quantitative estimate of drug-likeness (QED) is 0.398. The number of aromatic nitrogens is 3. The van der Waals surface area contributed by atoms with E-state index < -0.39 is 0 Å². The number of nitrogens with zero attached hydrogens (tertiary/aromatic N) is 5. The maximum atomic E-state index is 13.6. The minimum Gasteiger partial charge on any atom is -0.343 e. The molecule has 7 nitrogen and oxygen atoms in total. The number of benzene rings is 2. The number of carbonyl (C=O) groups is 1. The second-order valence-corrected chi connectivity index (χ2v) is 9.74. The van der Waals surface area contributed by atoms with Crippen LogP contribution in [0.5, 0.6) is 0 Å². The number of carbonyl (C=O) groups excluding carboxylic acids is 1. The molecule has 0 radical (unpaired) electrons. The van der Waals surface area contributed by atoms with Crippen LogP contribution in [0.2, 0.25) is 0 Å². The summed E-state index contributed by atoms with van der Waals surface area (Å²) < 4.78 is 28.9. The van der Waals surface area contributed by atoms with Crippen molar-refractivity contribution in [3.63, 3.8) is 0 Å². The molecular weight excluding hydrogens is 526 g/mol. The molecule has 34 heavy (non-hydrogen) atoms. The molecule has 0 unspecified atom stereocenters. The molecule has 1 saturated heterocycles. The maximum absolute atomic E-state index is 13.6. The highest BCUT2D eigenvalue weighted by atomic mass is 79.9. The van der Waals surface area contributed by atoms with Crippen molar-refractivity contribution in [2.75, 3.05) is 37.6 Å². The van der Waals surface area contributed by atoms with Gasteiger partial charge in [0.25, 0.3) is 0 Å². The summed E-state index contributed by atoms with van der Waals surface area (Å²) in [5, 5.41) is 8.41. The van der Waals surface area contributed by atoms with Crippen LogP contribution < -0.4 is 10.2 Å². The third-order valence-electron chi connectivity index (χ3n) is 5.68. The Balaban J connectivity index is 1.13. The summed E-state index contributed by atoms with van der Waals surface area (Å²) in [5.41, 5.74) is 2.42. The van der Waals surface area contributed by atoms with Crippen LogP contribution in [0.1, 0.15) is 5.56 Å². The zero-order valence-corrected chi connectivity index (χ0v) is 20.5. The Morgan fingerprint density at radius 1 is 1.09 bits per heavy atom. The molecule has 2 aromatic carbocycles. The van der Waals surface area contributed by atoms with Crippen LogP contribution in [-0.4, -0.2) is 58.3 Å². The topological polar surface area (TPSA) is 65.8 Å². The molecule has 1 N–H and O–H groups in total. The highest BCUT2D eigenvalue weighted by Crippen LogP contribution is 2.27.